The molecule has 0 saturated carbocycles. The van der Waals surface area contributed by atoms with Crippen molar-refractivity contribution in [3.8, 4) is 0 Å². The maximum atomic E-state index is 13.0. The monoisotopic (exact) mass is 467 g/mol. The maximum absolute atomic E-state index is 13.0. The zero-order chi connectivity index (χ0) is 19.5. The molecule has 0 amide bonds. The minimum atomic E-state index is -3.76. The molecule has 3 aromatic carbocycles. The molecule has 0 heterocycles. The first-order valence-electron chi connectivity index (χ1n) is 8.47. The number of benzene rings is 3. The molecule has 3 N–H and O–H groups in total. The van der Waals surface area contributed by atoms with Gasteiger partial charge in [0.05, 0.1) is 0 Å². The molecule has 27 heavy (non-hydrogen) atoms. The molecule has 4 nitrogen and oxygen atoms in total. The Labute approximate surface area is 170 Å². The van der Waals surface area contributed by atoms with Crippen molar-refractivity contribution in [1.29, 1.82) is 0 Å². The third kappa shape index (κ3) is 4.53. The van der Waals surface area contributed by atoms with Crippen LogP contribution in [-0.4, -0.2) is 8.42 Å². The fourth-order valence-electron chi connectivity index (χ4n) is 2.83. The molecule has 3 aromatic rings. The van der Waals surface area contributed by atoms with E-state index in [-0.39, 0.29) is 4.90 Å². The Morgan fingerprint density at radius 3 is 1.96 bits per heavy atom. The molecule has 0 aromatic heterocycles. The number of nitrogens with two attached hydrogens (primary N) is 1. The molecule has 0 bridgehead atoms. The second kappa shape index (κ2) is 8.03. The van der Waals surface area contributed by atoms with Gasteiger partial charge in [0.1, 0.15) is 0 Å². The quantitative estimate of drug-likeness (QED) is 0.547. The summed E-state index contributed by atoms with van der Waals surface area (Å²) in [4.78, 5) is 0.212. The van der Waals surface area contributed by atoms with E-state index in [0.29, 0.717) is 0 Å². The van der Waals surface area contributed by atoms with Crippen molar-refractivity contribution in [2.24, 2.45) is 5.73 Å². The zero-order valence-corrected chi connectivity index (χ0v) is 17.4. The fourth-order valence-corrected chi connectivity index (χ4v) is 4.97. The van der Waals surface area contributed by atoms with E-state index in [0.717, 1.165) is 16.7 Å². The third-order valence-electron chi connectivity index (χ3n) is 4.36. The second-order valence-electron chi connectivity index (χ2n) is 6.39. The van der Waals surface area contributed by atoms with Gasteiger partial charge in [-0.25, -0.2) is 0 Å². The number of hydrogen-bond donors (Lipinski definition) is 2. The third-order valence-corrected chi connectivity index (χ3v) is 6.80. The molecule has 3 rings (SSSR count). The van der Waals surface area contributed by atoms with Gasteiger partial charge in [-0.05, 0) is 0 Å². The molecule has 0 saturated heterocycles. The summed E-state index contributed by atoms with van der Waals surface area (Å²) in [5.74, 6) is 0. The van der Waals surface area contributed by atoms with Crippen molar-refractivity contribution in [2.45, 2.75) is 22.0 Å². The van der Waals surface area contributed by atoms with E-state index in [2.05, 4.69) is 23.0 Å². The van der Waals surface area contributed by atoms with E-state index in [1.54, 1.807) is 24.3 Å². The van der Waals surface area contributed by atoms with Gasteiger partial charge in [0.2, 0.25) is 0 Å². The van der Waals surface area contributed by atoms with Gasteiger partial charge in [0.15, 0.2) is 0 Å². The SMILES string of the molecule is Cc1ccc(S(=O)(=O)NC(c2ccccc2)[C](N)([Ru])c2ccccc2)cc1. The van der Waals surface area contributed by atoms with Crippen LogP contribution in [0.25, 0.3) is 0 Å². The van der Waals surface area contributed by atoms with Crippen LogP contribution in [0.5, 0.6) is 0 Å². The number of aryl methyl sites for hydroxylation is 1. The molecular weight excluding hydrogens is 445 g/mol. The van der Waals surface area contributed by atoms with E-state index >= 15 is 0 Å². The zero-order valence-electron chi connectivity index (χ0n) is 14.8. The van der Waals surface area contributed by atoms with Crippen LogP contribution in [0.3, 0.4) is 0 Å². The predicted molar refractivity (Wildman–Crippen MR) is 103 cm³/mol. The van der Waals surface area contributed by atoms with E-state index in [1.807, 2.05) is 67.6 Å². The molecule has 2 unspecified atom stereocenters. The molecule has 0 spiro atoms. The van der Waals surface area contributed by atoms with Gasteiger partial charge in [-0.2, -0.15) is 0 Å². The Bertz CT molecular complexity index is 989. The topological polar surface area (TPSA) is 72.2 Å². The second-order valence-corrected chi connectivity index (χ2v) is 9.54. The van der Waals surface area contributed by atoms with Gasteiger partial charge in [-0.3, -0.25) is 0 Å². The molecule has 0 aliphatic heterocycles. The fraction of sp³-hybridized carbons (Fsp3) is 0.143. The molecule has 0 radical (unpaired) electrons. The van der Waals surface area contributed by atoms with Crippen LogP contribution in [0.15, 0.2) is 89.8 Å². The van der Waals surface area contributed by atoms with E-state index in [1.165, 1.54) is 0 Å². The molecule has 0 fully saturated rings. The van der Waals surface area contributed by atoms with Crippen molar-refractivity contribution in [2.75, 3.05) is 0 Å². The number of nitrogens with one attached hydrogen (secondary N) is 1. The summed E-state index contributed by atoms with van der Waals surface area (Å²) in [5.41, 5.74) is 9.27. The van der Waals surface area contributed by atoms with Crippen molar-refractivity contribution < 1.29 is 26.7 Å². The summed E-state index contributed by atoms with van der Waals surface area (Å²) in [5, 5.41) is 0. The first kappa shape index (κ1) is 19.9. The Morgan fingerprint density at radius 1 is 0.889 bits per heavy atom. The Kier molecular flexibility index (Phi) is 5.92. The summed E-state index contributed by atoms with van der Waals surface area (Å²) in [6.07, 6.45) is 0. The first-order valence-corrected chi connectivity index (χ1v) is 10.8. The van der Waals surface area contributed by atoms with Gasteiger partial charge >= 0.3 is 171 Å². The van der Waals surface area contributed by atoms with Gasteiger partial charge < -0.3 is 0 Å². The normalized spacial score (nSPS) is 15.1. The Balaban J connectivity index is 2.05. The summed E-state index contributed by atoms with van der Waals surface area (Å²) in [6.45, 7) is 1.92. The predicted octanol–water partition coefficient (Wildman–Crippen LogP) is 3.37. The summed E-state index contributed by atoms with van der Waals surface area (Å²) in [6, 6.07) is 24.9. The number of rotatable bonds is 6. The standard InChI is InChI=1S/C21H21N2O2S.Ru/c1-16-12-14-19(15-13-16)26(24,25)23-21(18-10-6-3-7-11-18)20(22)17-8-4-2-5-9-17;/h2-15,21,23H,22H2,1H3;. The van der Waals surface area contributed by atoms with Crippen LogP contribution in [0.4, 0.5) is 0 Å². The molecule has 6 heteroatoms. The van der Waals surface area contributed by atoms with Crippen LogP contribution < -0.4 is 10.5 Å². The molecule has 2 atom stereocenters. The average molecular weight is 467 g/mol. The van der Waals surface area contributed by atoms with Crippen LogP contribution in [0.1, 0.15) is 22.7 Å². The summed E-state index contributed by atoms with van der Waals surface area (Å²) in [7, 11) is -3.76. The van der Waals surface area contributed by atoms with Crippen molar-refractivity contribution >= 4 is 10.0 Å². The van der Waals surface area contributed by atoms with Gasteiger partial charge in [-0.15, -0.1) is 0 Å². The minimum absolute atomic E-state index is 0.212. The number of sulfonamides is 1. The van der Waals surface area contributed by atoms with Crippen LogP contribution in [0, 0.1) is 6.92 Å². The van der Waals surface area contributed by atoms with Crippen LogP contribution in [-0.2, 0) is 32.5 Å². The molecule has 0 aliphatic carbocycles. The van der Waals surface area contributed by atoms with Gasteiger partial charge in [0.25, 0.3) is 0 Å². The molecule has 0 aliphatic rings. The summed E-state index contributed by atoms with van der Waals surface area (Å²) < 4.78 is 27.9. The van der Waals surface area contributed by atoms with Crippen LogP contribution in [0.2, 0.25) is 0 Å². The Morgan fingerprint density at radius 2 is 1.41 bits per heavy atom. The van der Waals surface area contributed by atoms with Gasteiger partial charge in [-0.1, -0.05) is 0 Å². The average Bonchev–Trinajstić information content (AvgIpc) is 2.68. The van der Waals surface area contributed by atoms with Gasteiger partial charge in [0, 0.05) is 0 Å². The molecular formula is C21H21N2O2RuS. The van der Waals surface area contributed by atoms with E-state index < -0.39 is 20.2 Å². The van der Waals surface area contributed by atoms with Crippen molar-refractivity contribution in [1.82, 2.24) is 4.72 Å². The van der Waals surface area contributed by atoms with E-state index in [4.69, 9.17) is 5.73 Å². The summed E-state index contributed by atoms with van der Waals surface area (Å²) >= 11 is 2.49. The first-order chi connectivity index (χ1) is 12.8. The van der Waals surface area contributed by atoms with Crippen molar-refractivity contribution in [3.05, 3.63) is 102 Å². The van der Waals surface area contributed by atoms with Crippen LogP contribution >= 0.6 is 0 Å². The number of hydrogen-bond acceptors (Lipinski definition) is 3. The van der Waals surface area contributed by atoms with E-state index in [9.17, 15) is 8.42 Å². The Hall–Kier alpha value is -1.85. The van der Waals surface area contributed by atoms with Crippen molar-refractivity contribution in [3.63, 3.8) is 0 Å². The molecule has 141 valence electrons.